The van der Waals surface area contributed by atoms with Gasteiger partial charge in [0.1, 0.15) is 0 Å². The second-order valence-electron chi connectivity index (χ2n) is 7.08. The van der Waals surface area contributed by atoms with Crippen molar-refractivity contribution < 1.29 is 9.22 Å². The fourth-order valence-electron chi connectivity index (χ4n) is 3.99. The third-order valence-electron chi connectivity index (χ3n) is 4.92. The molecule has 20 heavy (non-hydrogen) atoms. The number of piperidine rings is 1. The Balaban J connectivity index is 2.60. The summed E-state index contributed by atoms with van der Waals surface area (Å²) in [6.45, 7) is 15.4. The van der Waals surface area contributed by atoms with E-state index in [1.807, 2.05) is 0 Å². The molecule has 1 unspecified atom stereocenters. The van der Waals surface area contributed by atoms with Crippen LogP contribution < -0.4 is 5.32 Å². The van der Waals surface area contributed by atoms with Gasteiger partial charge in [0.05, 0.1) is 0 Å². The molecule has 1 rings (SSSR count). The SMILES string of the molecule is CC(C)[Si](OCCC1CCCNC1=O)(C(C)C)C(C)C. The lowest BCUT2D eigenvalue weighted by molar-refractivity contribution is -0.127. The molecular formula is C16H33NO2Si. The Bertz CT molecular complexity index is 294. The van der Waals surface area contributed by atoms with Gasteiger partial charge in [-0.1, -0.05) is 41.5 Å². The number of carbonyl (C=O) groups is 1. The molecule has 1 saturated heterocycles. The Morgan fingerprint density at radius 2 is 1.70 bits per heavy atom. The monoisotopic (exact) mass is 299 g/mol. The van der Waals surface area contributed by atoms with E-state index in [1.165, 1.54) is 0 Å². The standard InChI is InChI=1S/C16H33NO2Si/c1-12(2)20(13(3)4,14(5)6)19-11-9-15-8-7-10-17-16(15)18/h12-15H,7-11H2,1-6H3,(H,17,18). The third-order valence-corrected chi connectivity index (χ3v) is 11.0. The summed E-state index contributed by atoms with van der Waals surface area (Å²) in [5.74, 6) is 0.396. The van der Waals surface area contributed by atoms with Crippen LogP contribution in [0.15, 0.2) is 0 Å². The first-order valence-electron chi connectivity index (χ1n) is 8.24. The molecule has 1 aliphatic heterocycles. The third kappa shape index (κ3) is 3.85. The number of hydrogen-bond donors (Lipinski definition) is 1. The quantitative estimate of drug-likeness (QED) is 0.719. The molecule has 1 fully saturated rings. The minimum atomic E-state index is -1.77. The van der Waals surface area contributed by atoms with Crippen molar-refractivity contribution >= 4 is 14.2 Å². The van der Waals surface area contributed by atoms with E-state index in [4.69, 9.17) is 4.43 Å². The van der Waals surface area contributed by atoms with Crippen LogP contribution in [0.1, 0.15) is 60.8 Å². The van der Waals surface area contributed by atoms with Crippen LogP contribution in [-0.4, -0.2) is 27.4 Å². The number of rotatable bonds is 7. The minimum Gasteiger partial charge on any atom is -0.416 e. The number of amides is 1. The number of hydrogen-bond acceptors (Lipinski definition) is 2. The van der Waals surface area contributed by atoms with Crippen molar-refractivity contribution in [3.63, 3.8) is 0 Å². The second-order valence-corrected chi connectivity index (χ2v) is 12.5. The van der Waals surface area contributed by atoms with Crippen LogP contribution in [0.3, 0.4) is 0 Å². The number of carbonyl (C=O) groups excluding carboxylic acids is 1. The van der Waals surface area contributed by atoms with Gasteiger partial charge in [0.25, 0.3) is 0 Å². The lowest BCUT2D eigenvalue weighted by Crippen LogP contribution is -2.48. The lowest BCUT2D eigenvalue weighted by atomic mass is 9.96. The van der Waals surface area contributed by atoms with E-state index in [-0.39, 0.29) is 11.8 Å². The molecule has 0 saturated carbocycles. The number of nitrogens with one attached hydrogen (secondary N) is 1. The van der Waals surface area contributed by atoms with Gasteiger partial charge in [-0.05, 0) is 35.9 Å². The average Bonchev–Trinajstić information content (AvgIpc) is 2.35. The van der Waals surface area contributed by atoms with Gasteiger partial charge in [-0.25, -0.2) is 0 Å². The van der Waals surface area contributed by atoms with Crippen molar-refractivity contribution in [2.75, 3.05) is 13.2 Å². The molecule has 118 valence electrons. The van der Waals surface area contributed by atoms with Crippen LogP contribution >= 0.6 is 0 Å². The molecule has 1 heterocycles. The van der Waals surface area contributed by atoms with E-state index in [0.29, 0.717) is 16.6 Å². The molecule has 0 aromatic rings. The minimum absolute atomic E-state index is 0.168. The van der Waals surface area contributed by atoms with Gasteiger partial charge in [-0.15, -0.1) is 0 Å². The Hall–Kier alpha value is -0.353. The fraction of sp³-hybridized carbons (Fsp3) is 0.938. The molecule has 1 N–H and O–H groups in total. The Morgan fingerprint density at radius 3 is 2.15 bits per heavy atom. The maximum Gasteiger partial charge on any atom is 0.223 e. The maximum absolute atomic E-state index is 11.8. The predicted octanol–water partition coefficient (Wildman–Crippen LogP) is 4.09. The van der Waals surface area contributed by atoms with Gasteiger partial charge in [-0.3, -0.25) is 4.79 Å². The molecule has 0 aliphatic carbocycles. The highest BCUT2D eigenvalue weighted by molar-refractivity contribution is 6.77. The van der Waals surface area contributed by atoms with Crippen LogP contribution in [-0.2, 0) is 9.22 Å². The highest BCUT2D eigenvalue weighted by atomic mass is 28.4. The summed E-state index contributed by atoms with van der Waals surface area (Å²) >= 11 is 0. The zero-order chi connectivity index (χ0) is 15.3. The highest BCUT2D eigenvalue weighted by Crippen LogP contribution is 2.42. The molecule has 4 heteroatoms. The summed E-state index contributed by atoms with van der Waals surface area (Å²) in [5, 5.41) is 2.96. The molecule has 3 nitrogen and oxygen atoms in total. The first-order valence-corrected chi connectivity index (χ1v) is 10.4. The first kappa shape index (κ1) is 17.7. The summed E-state index contributed by atoms with van der Waals surface area (Å²) < 4.78 is 6.52. The molecule has 1 atom stereocenters. The van der Waals surface area contributed by atoms with Crippen molar-refractivity contribution in [2.24, 2.45) is 5.92 Å². The molecule has 0 aromatic carbocycles. The van der Waals surface area contributed by atoms with Crippen molar-refractivity contribution in [2.45, 2.75) is 77.4 Å². The van der Waals surface area contributed by atoms with Gasteiger partial charge in [0.2, 0.25) is 5.91 Å². The normalized spacial score (nSPS) is 20.9. The maximum atomic E-state index is 11.8. The molecule has 1 aliphatic rings. The van der Waals surface area contributed by atoms with Gasteiger partial charge >= 0.3 is 0 Å². The molecule has 0 bridgehead atoms. The topological polar surface area (TPSA) is 38.3 Å². The van der Waals surface area contributed by atoms with Crippen LogP contribution in [0, 0.1) is 5.92 Å². The zero-order valence-electron chi connectivity index (χ0n) is 14.2. The van der Waals surface area contributed by atoms with E-state index < -0.39 is 8.32 Å². The van der Waals surface area contributed by atoms with E-state index in [0.717, 1.165) is 32.4 Å². The van der Waals surface area contributed by atoms with Crippen molar-refractivity contribution in [3.8, 4) is 0 Å². The molecule has 0 spiro atoms. The van der Waals surface area contributed by atoms with Gasteiger partial charge in [0.15, 0.2) is 8.32 Å². The Kier molecular flexibility index (Phi) is 6.72. The molecule has 0 radical (unpaired) electrons. The van der Waals surface area contributed by atoms with E-state index in [1.54, 1.807) is 0 Å². The predicted molar refractivity (Wildman–Crippen MR) is 87.4 cm³/mol. The van der Waals surface area contributed by atoms with Crippen molar-refractivity contribution in [1.29, 1.82) is 0 Å². The highest BCUT2D eigenvalue weighted by Gasteiger charge is 2.45. The van der Waals surface area contributed by atoms with Crippen LogP contribution in [0.4, 0.5) is 0 Å². The van der Waals surface area contributed by atoms with Crippen molar-refractivity contribution in [3.05, 3.63) is 0 Å². The summed E-state index contributed by atoms with van der Waals surface area (Å²) in [4.78, 5) is 11.8. The van der Waals surface area contributed by atoms with Gasteiger partial charge < -0.3 is 9.74 Å². The van der Waals surface area contributed by atoms with E-state index >= 15 is 0 Å². The Labute approximate surface area is 126 Å². The largest absolute Gasteiger partial charge is 0.416 e. The van der Waals surface area contributed by atoms with Gasteiger partial charge in [0, 0.05) is 19.1 Å². The van der Waals surface area contributed by atoms with E-state index in [9.17, 15) is 4.79 Å². The molecule has 1 amide bonds. The fourth-order valence-corrected chi connectivity index (χ4v) is 9.46. The lowest BCUT2D eigenvalue weighted by Gasteiger charge is -2.42. The van der Waals surface area contributed by atoms with E-state index in [2.05, 4.69) is 46.9 Å². The Morgan fingerprint density at radius 1 is 1.15 bits per heavy atom. The molecular weight excluding hydrogens is 266 g/mol. The first-order chi connectivity index (χ1) is 9.32. The summed E-state index contributed by atoms with van der Waals surface area (Å²) in [6, 6.07) is 0. The van der Waals surface area contributed by atoms with Crippen LogP contribution in [0.2, 0.25) is 16.6 Å². The zero-order valence-corrected chi connectivity index (χ0v) is 15.2. The van der Waals surface area contributed by atoms with Crippen LogP contribution in [0.25, 0.3) is 0 Å². The summed E-state index contributed by atoms with van der Waals surface area (Å²) in [5.41, 5.74) is 1.84. The van der Waals surface area contributed by atoms with Crippen molar-refractivity contribution in [1.82, 2.24) is 5.32 Å². The average molecular weight is 300 g/mol. The van der Waals surface area contributed by atoms with Crippen LogP contribution in [0.5, 0.6) is 0 Å². The van der Waals surface area contributed by atoms with Gasteiger partial charge in [-0.2, -0.15) is 0 Å². The second kappa shape index (κ2) is 7.60. The summed E-state index contributed by atoms with van der Waals surface area (Å²) in [7, 11) is -1.77. The smallest absolute Gasteiger partial charge is 0.223 e. The summed E-state index contributed by atoms with van der Waals surface area (Å²) in [6.07, 6.45) is 3.01. The molecule has 0 aromatic heterocycles.